The molecule has 1 N–H and O–H groups in total. The number of hydrogen-bond donors (Lipinski definition) is 1. The standard InChI is InChI=1S/C15H13N3O3/c1-2-21-15(20)12-9-16-13-5-4-10(8-11(13)14(12)19)18-7-3-6-17-18/h3-9H,2H2,1H3,(H,16,19). The number of rotatable bonds is 3. The molecule has 0 fully saturated rings. The van der Waals surface area contributed by atoms with Gasteiger partial charge >= 0.3 is 5.97 Å². The second-order valence-electron chi connectivity index (χ2n) is 4.43. The minimum absolute atomic E-state index is 0.00182. The molecule has 0 aliphatic rings. The Balaban J connectivity index is 2.17. The number of nitrogens with zero attached hydrogens (tertiary/aromatic N) is 2. The highest BCUT2D eigenvalue weighted by Crippen LogP contribution is 2.14. The lowest BCUT2D eigenvalue weighted by Gasteiger charge is -2.06. The van der Waals surface area contributed by atoms with Crippen molar-refractivity contribution in [3.8, 4) is 5.69 Å². The Morgan fingerprint density at radius 1 is 1.43 bits per heavy atom. The van der Waals surface area contributed by atoms with Crippen LogP contribution in [0.25, 0.3) is 16.6 Å². The van der Waals surface area contributed by atoms with E-state index in [9.17, 15) is 9.59 Å². The molecular formula is C15H13N3O3. The zero-order chi connectivity index (χ0) is 14.8. The van der Waals surface area contributed by atoms with Gasteiger partial charge in [-0.1, -0.05) is 0 Å². The lowest BCUT2D eigenvalue weighted by Crippen LogP contribution is -2.18. The van der Waals surface area contributed by atoms with Gasteiger partial charge in [0, 0.05) is 29.5 Å². The molecule has 0 radical (unpaired) electrons. The van der Waals surface area contributed by atoms with E-state index in [4.69, 9.17) is 4.74 Å². The number of hydrogen-bond acceptors (Lipinski definition) is 4. The van der Waals surface area contributed by atoms with Crippen LogP contribution in [0.15, 0.2) is 47.7 Å². The molecule has 6 heteroatoms. The molecule has 3 aromatic rings. The fourth-order valence-corrected chi connectivity index (χ4v) is 2.13. The number of H-pyrrole nitrogens is 1. The maximum atomic E-state index is 12.4. The molecule has 0 aliphatic carbocycles. The van der Waals surface area contributed by atoms with Crippen LogP contribution in [0.1, 0.15) is 17.3 Å². The second kappa shape index (κ2) is 5.24. The third-order valence-electron chi connectivity index (χ3n) is 3.13. The van der Waals surface area contributed by atoms with Gasteiger partial charge in [0.25, 0.3) is 0 Å². The molecule has 21 heavy (non-hydrogen) atoms. The number of fused-ring (bicyclic) bond motifs is 1. The van der Waals surface area contributed by atoms with Crippen LogP contribution in [-0.2, 0) is 4.74 Å². The molecular weight excluding hydrogens is 270 g/mol. The van der Waals surface area contributed by atoms with Gasteiger partial charge in [-0.25, -0.2) is 9.48 Å². The maximum absolute atomic E-state index is 12.4. The van der Waals surface area contributed by atoms with Crippen molar-refractivity contribution in [2.45, 2.75) is 6.92 Å². The monoisotopic (exact) mass is 283 g/mol. The number of ether oxygens (including phenoxy) is 1. The molecule has 0 bridgehead atoms. The van der Waals surface area contributed by atoms with E-state index in [-0.39, 0.29) is 17.6 Å². The van der Waals surface area contributed by atoms with Crippen LogP contribution in [0.2, 0.25) is 0 Å². The molecule has 0 saturated heterocycles. The average Bonchev–Trinajstić information content (AvgIpc) is 3.02. The summed E-state index contributed by atoms with van der Waals surface area (Å²) in [5.74, 6) is -0.620. The van der Waals surface area contributed by atoms with Crippen LogP contribution >= 0.6 is 0 Å². The lowest BCUT2D eigenvalue weighted by molar-refractivity contribution is 0.0524. The topological polar surface area (TPSA) is 77.0 Å². The van der Waals surface area contributed by atoms with Gasteiger partial charge in [0.2, 0.25) is 5.43 Å². The number of nitrogens with one attached hydrogen (secondary N) is 1. The Bertz CT molecular complexity index is 850. The van der Waals surface area contributed by atoms with E-state index >= 15 is 0 Å². The lowest BCUT2D eigenvalue weighted by atomic mass is 10.1. The van der Waals surface area contributed by atoms with Gasteiger partial charge in [0.05, 0.1) is 12.3 Å². The first kappa shape index (κ1) is 13.1. The van der Waals surface area contributed by atoms with E-state index in [2.05, 4.69) is 10.1 Å². The average molecular weight is 283 g/mol. The Labute approximate surface area is 120 Å². The first-order valence-corrected chi connectivity index (χ1v) is 6.53. The van der Waals surface area contributed by atoms with E-state index in [0.29, 0.717) is 10.9 Å². The summed E-state index contributed by atoms with van der Waals surface area (Å²) in [6.45, 7) is 1.92. The number of aromatic amines is 1. The third-order valence-corrected chi connectivity index (χ3v) is 3.13. The summed E-state index contributed by atoms with van der Waals surface area (Å²) in [7, 11) is 0. The van der Waals surface area contributed by atoms with E-state index in [0.717, 1.165) is 5.69 Å². The van der Waals surface area contributed by atoms with Crippen molar-refractivity contribution in [1.82, 2.24) is 14.8 Å². The van der Waals surface area contributed by atoms with Gasteiger partial charge < -0.3 is 9.72 Å². The summed E-state index contributed by atoms with van der Waals surface area (Å²) in [6, 6.07) is 7.12. The Kier molecular flexibility index (Phi) is 3.27. The zero-order valence-corrected chi connectivity index (χ0v) is 11.4. The normalized spacial score (nSPS) is 10.7. The fraction of sp³-hybridized carbons (Fsp3) is 0.133. The summed E-state index contributed by atoms with van der Waals surface area (Å²) in [5.41, 5.74) is 1.06. The van der Waals surface area contributed by atoms with Crippen LogP contribution in [0, 0.1) is 0 Å². The van der Waals surface area contributed by atoms with Crippen LogP contribution in [0.3, 0.4) is 0 Å². The molecule has 0 unspecified atom stereocenters. The van der Waals surface area contributed by atoms with Crippen molar-refractivity contribution in [3.05, 3.63) is 58.6 Å². The van der Waals surface area contributed by atoms with E-state index in [1.165, 1.54) is 6.20 Å². The highest BCUT2D eigenvalue weighted by molar-refractivity contribution is 5.93. The van der Waals surface area contributed by atoms with Gasteiger partial charge in [-0.2, -0.15) is 5.10 Å². The van der Waals surface area contributed by atoms with Crippen LogP contribution in [-0.4, -0.2) is 27.3 Å². The van der Waals surface area contributed by atoms with E-state index in [1.54, 1.807) is 42.2 Å². The summed E-state index contributed by atoms with van der Waals surface area (Å²) in [4.78, 5) is 27.1. The summed E-state index contributed by atoms with van der Waals surface area (Å²) >= 11 is 0. The van der Waals surface area contributed by atoms with Crippen LogP contribution in [0.5, 0.6) is 0 Å². The van der Waals surface area contributed by atoms with Crippen molar-refractivity contribution in [1.29, 1.82) is 0 Å². The number of carbonyl (C=O) groups is 1. The van der Waals surface area contributed by atoms with Crippen LogP contribution < -0.4 is 5.43 Å². The van der Waals surface area contributed by atoms with Crippen molar-refractivity contribution in [3.63, 3.8) is 0 Å². The SMILES string of the molecule is CCOC(=O)c1c[nH]c2ccc(-n3cccn3)cc2c1=O. The van der Waals surface area contributed by atoms with Gasteiger partial charge in [0.1, 0.15) is 5.56 Å². The molecule has 0 aliphatic heterocycles. The fourth-order valence-electron chi connectivity index (χ4n) is 2.13. The first-order valence-electron chi connectivity index (χ1n) is 6.53. The predicted octanol–water partition coefficient (Wildman–Crippen LogP) is 1.89. The quantitative estimate of drug-likeness (QED) is 0.745. The summed E-state index contributed by atoms with van der Waals surface area (Å²) in [5, 5.41) is 4.55. The number of aromatic nitrogens is 3. The molecule has 2 aromatic heterocycles. The van der Waals surface area contributed by atoms with Crippen molar-refractivity contribution in [2.75, 3.05) is 6.61 Å². The van der Waals surface area contributed by atoms with E-state index < -0.39 is 5.97 Å². The molecule has 6 nitrogen and oxygen atoms in total. The molecule has 0 saturated carbocycles. The smallest absolute Gasteiger partial charge is 0.343 e. The maximum Gasteiger partial charge on any atom is 0.343 e. The first-order chi connectivity index (χ1) is 10.2. The molecule has 3 rings (SSSR count). The molecule has 1 aromatic carbocycles. The minimum Gasteiger partial charge on any atom is -0.462 e. The van der Waals surface area contributed by atoms with Crippen LogP contribution in [0.4, 0.5) is 0 Å². The molecule has 0 atom stereocenters. The number of esters is 1. The Morgan fingerprint density at radius 2 is 2.29 bits per heavy atom. The minimum atomic E-state index is -0.620. The summed E-state index contributed by atoms with van der Waals surface area (Å²) < 4.78 is 6.53. The highest BCUT2D eigenvalue weighted by atomic mass is 16.5. The number of benzene rings is 1. The van der Waals surface area contributed by atoms with Gasteiger partial charge in [-0.3, -0.25) is 4.79 Å². The molecule has 0 spiro atoms. The van der Waals surface area contributed by atoms with Gasteiger partial charge in [0.15, 0.2) is 0 Å². The van der Waals surface area contributed by atoms with Crippen molar-refractivity contribution in [2.24, 2.45) is 0 Å². The van der Waals surface area contributed by atoms with Gasteiger partial charge in [-0.15, -0.1) is 0 Å². The number of carbonyl (C=O) groups excluding carboxylic acids is 1. The largest absolute Gasteiger partial charge is 0.462 e. The molecule has 2 heterocycles. The van der Waals surface area contributed by atoms with Crippen molar-refractivity contribution < 1.29 is 9.53 Å². The highest BCUT2D eigenvalue weighted by Gasteiger charge is 2.14. The van der Waals surface area contributed by atoms with Gasteiger partial charge in [-0.05, 0) is 31.2 Å². The third kappa shape index (κ3) is 2.31. The Hall–Kier alpha value is -2.89. The second-order valence-corrected chi connectivity index (χ2v) is 4.43. The van der Waals surface area contributed by atoms with E-state index in [1.807, 2.05) is 6.07 Å². The summed E-state index contributed by atoms with van der Waals surface area (Å²) in [6.07, 6.45) is 4.82. The number of pyridine rings is 1. The Morgan fingerprint density at radius 3 is 3.00 bits per heavy atom. The molecule has 0 amide bonds. The van der Waals surface area contributed by atoms with Crippen molar-refractivity contribution >= 4 is 16.9 Å². The molecule has 106 valence electrons. The zero-order valence-electron chi connectivity index (χ0n) is 11.4. The predicted molar refractivity (Wildman–Crippen MR) is 77.6 cm³/mol.